The molecule has 0 saturated carbocycles. The predicted molar refractivity (Wildman–Crippen MR) is 121 cm³/mol. The molecule has 0 fully saturated rings. The molecule has 3 aromatic rings. The molecule has 1 aromatic carbocycles. The maximum atomic E-state index is 12.6. The van der Waals surface area contributed by atoms with Gasteiger partial charge >= 0.3 is 0 Å². The smallest absolute Gasteiger partial charge is 0.272 e. The average molecular weight is 429 g/mol. The zero-order chi connectivity index (χ0) is 21.9. The Hall–Kier alpha value is -3.05. The third kappa shape index (κ3) is 7.41. The van der Waals surface area contributed by atoms with Crippen molar-refractivity contribution in [2.45, 2.75) is 26.9 Å². The molecule has 1 N–H and O–H groups in total. The number of aromatic amines is 1. The second kappa shape index (κ2) is 11.8. The van der Waals surface area contributed by atoms with Crippen molar-refractivity contribution in [2.75, 3.05) is 7.11 Å². The average Bonchev–Trinajstić information content (AvgIpc) is 3.14. The van der Waals surface area contributed by atoms with Crippen LogP contribution in [0.3, 0.4) is 0 Å². The van der Waals surface area contributed by atoms with Crippen molar-refractivity contribution in [2.24, 2.45) is 0 Å². The highest BCUT2D eigenvalue weighted by molar-refractivity contribution is 6.31. The van der Waals surface area contributed by atoms with Crippen molar-refractivity contribution in [3.05, 3.63) is 101 Å². The molecule has 0 aliphatic rings. The molecule has 0 unspecified atom stereocenters. The van der Waals surface area contributed by atoms with Crippen LogP contribution in [0.5, 0.6) is 0 Å². The van der Waals surface area contributed by atoms with Gasteiger partial charge in [0.05, 0.1) is 17.9 Å². The van der Waals surface area contributed by atoms with Gasteiger partial charge in [-0.1, -0.05) is 47.5 Å². The van der Waals surface area contributed by atoms with E-state index in [9.17, 15) is 4.39 Å². The summed E-state index contributed by atoms with van der Waals surface area (Å²) in [4.78, 5) is 7.24. The molecule has 30 heavy (non-hydrogen) atoms. The van der Waals surface area contributed by atoms with Crippen LogP contribution in [0.1, 0.15) is 23.6 Å². The molecule has 6 heteroatoms. The van der Waals surface area contributed by atoms with Gasteiger partial charge in [0.2, 0.25) is 0 Å². The lowest BCUT2D eigenvalue weighted by Gasteiger charge is -2.06. The van der Waals surface area contributed by atoms with Crippen LogP contribution in [0.4, 0.5) is 4.39 Å². The molecule has 0 amide bonds. The Bertz CT molecular complexity index is 1020. The quantitative estimate of drug-likeness (QED) is 0.255. The summed E-state index contributed by atoms with van der Waals surface area (Å²) in [7, 11) is 1.28. The molecule has 0 atom stereocenters. The number of nitrogens with zero attached hydrogens (tertiary/aromatic N) is 1. The Kier molecular flexibility index (Phi) is 9.16. The number of hydrogen-bond donors (Lipinski definition) is 1. The van der Waals surface area contributed by atoms with Crippen LogP contribution in [0.25, 0.3) is 11.0 Å². The van der Waals surface area contributed by atoms with Gasteiger partial charge in [0.15, 0.2) is 0 Å². The number of fused-ring (bicyclic) bond motifs is 1. The summed E-state index contributed by atoms with van der Waals surface area (Å²) in [5.74, 6) is 0.637. The molecule has 2 heterocycles. The molecule has 0 radical (unpaired) electrons. The number of ether oxygens (including phenoxy) is 2. The first-order valence-corrected chi connectivity index (χ1v) is 9.79. The van der Waals surface area contributed by atoms with Gasteiger partial charge in [0, 0.05) is 23.9 Å². The standard InChI is InChI=1S/C14H17FO2.C10H9ClN2/c1-11-4-7-13(8-5-11)10-17-12(2)6-9-14(15)16-3;1-2-3-7-5-12-10-9(7)4-8(11)6-13-10/h4-9H,10H2,1-3H3;2,4-6H,1,3H2,(H,12,13)/b12-6+,14-9-;. The lowest BCUT2D eigenvalue weighted by molar-refractivity contribution is 0.196. The van der Waals surface area contributed by atoms with Crippen molar-refractivity contribution in [3.8, 4) is 0 Å². The van der Waals surface area contributed by atoms with Crippen molar-refractivity contribution >= 4 is 22.6 Å². The summed E-state index contributed by atoms with van der Waals surface area (Å²) >= 11 is 5.85. The number of pyridine rings is 1. The van der Waals surface area contributed by atoms with E-state index in [0.29, 0.717) is 17.4 Å². The Morgan fingerprint density at radius 1 is 1.27 bits per heavy atom. The number of H-pyrrole nitrogens is 1. The summed E-state index contributed by atoms with van der Waals surface area (Å²) in [5.41, 5.74) is 4.35. The second-order valence-corrected chi connectivity index (χ2v) is 7.02. The molecular formula is C24H26ClFN2O2. The predicted octanol–water partition coefficient (Wildman–Crippen LogP) is 6.82. The maximum Gasteiger partial charge on any atom is 0.272 e. The maximum absolute atomic E-state index is 12.6. The zero-order valence-corrected chi connectivity index (χ0v) is 18.2. The van der Waals surface area contributed by atoms with Crippen molar-refractivity contribution in [1.82, 2.24) is 9.97 Å². The number of rotatable bonds is 7. The van der Waals surface area contributed by atoms with E-state index in [1.165, 1.54) is 30.4 Å². The Morgan fingerprint density at radius 2 is 2.00 bits per heavy atom. The first-order chi connectivity index (χ1) is 14.4. The van der Waals surface area contributed by atoms with Gasteiger partial charge in [-0.25, -0.2) is 4.98 Å². The summed E-state index contributed by atoms with van der Waals surface area (Å²) in [6, 6.07) is 9.36. The van der Waals surface area contributed by atoms with Gasteiger partial charge in [-0.05, 0) is 43.5 Å². The first kappa shape index (κ1) is 23.2. The van der Waals surface area contributed by atoms with E-state index in [1.807, 2.05) is 49.5 Å². The van der Waals surface area contributed by atoms with Gasteiger partial charge in [-0.2, -0.15) is 4.39 Å². The molecular weight excluding hydrogens is 403 g/mol. The molecule has 0 spiro atoms. The lowest BCUT2D eigenvalue weighted by atomic mass is 10.1. The van der Waals surface area contributed by atoms with Gasteiger partial charge in [-0.3, -0.25) is 0 Å². The van der Waals surface area contributed by atoms with Crippen LogP contribution < -0.4 is 0 Å². The summed E-state index contributed by atoms with van der Waals surface area (Å²) in [5, 5.41) is 1.74. The molecule has 0 saturated heterocycles. The number of hydrogen-bond acceptors (Lipinski definition) is 3. The number of aromatic nitrogens is 2. The fourth-order valence-corrected chi connectivity index (χ4v) is 2.70. The number of allylic oxidation sites excluding steroid dienone is 4. The van der Waals surface area contributed by atoms with Gasteiger partial charge in [0.1, 0.15) is 12.3 Å². The minimum absolute atomic E-state index is 0.477. The molecule has 0 bridgehead atoms. The monoisotopic (exact) mass is 428 g/mol. The summed E-state index contributed by atoms with van der Waals surface area (Å²) in [6.45, 7) is 7.98. The largest absolute Gasteiger partial charge is 0.494 e. The Balaban J connectivity index is 0.000000220. The Labute approximate surface area is 181 Å². The van der Waals surface area contributed by atoms with E-state index in [2.05, 4.69) is 21.3 Å². The Morgan fingerprint density at radius 3 is 2.67 bits per heavy atom. The number of halogens is 2. The normalized spacial score (nSPS) is 11.6. The van der Waals surface area contributed by atoms with Crippen molar-refractivity contribution in [3.63, 3.8) is 0 Å². The van der Waals surface area contributed by atoms with E-state index in [4.69, 9.17) is 16.3 Å². The molecule has 2 aromatic heterocycles. The van der Waals surface area contributed by atoms with Crippen LogP contribution in [0.2, 0.25) is 5.02 Å². The number of aryl methyl sites for hydroxylation is 1. The van der Waals surface area contributed by atoms with Crippen LogP contribution >= 0.6 is 11.6 Å². The third-order valence-corrected chi connectivity index (χ3v) is 4.39. The fourth-order valence-electron chi connectivity index (χ4n) is 2.54. The zero-order valence-electron chi connectivity index (χ0n) is 17.4. The van der Waals surface area contributed by atoms with E-state index in [0.717, 1.165) is 23.0 Å². The molecule has 0 aliphatic heterocycles. The molecule has 3 rings (SSSR count). The number of methoxy groups -OCH3 is 1. The van der Waals surface area contributed by atoms with Crippen LogP contribution in [0.15, 0.2) is 79.3 Å². The van der Waals surface area contributed by atoms with Crippen LogP contribution in [-0.2, 0) is 22.5 Å². The lowest BCUT2D eigenvalue weighted by Crippen LogP contribution is -1.90. The topological polar surface area (TPSA) is 47.1 Å². The second-order valence-electron chi connectivity index (χ2n) is 6.58. The number of benzene rings is 1. The van der Waals surface area contributed by atoms with Gasteiger partial charge in [0.25, 0.3) is 6.01 Å². The summed E-state index contributed by atoms with van der Waals surface area (Å²) < 4.78 is 22.5. The van der Waals surface area contributed by atoms with Crippen molar-refractivity contribution < 1.29 is 13.9 Å². The summed E-state index contributed by atoms with van der Waals surface area (Å²) in [6.07, 6.45) is 9.04. The molecule has 4 nitrogen and oxygen atoms in total. The van der Waals surface area contributed by atoms with E-state index in [1.54, 1.807) is 13.1 Å². The highest BCUT2D eigenvalue weighted by Crippen LogP contribution is 2.20. The SMILES string of the molecule is C=CCc1c[nH]c2ncc(Cl)cc12.CO/C(F)=C\C=C(/C)OCc1ccc(C)cc1. The molecule has 0 aliphatic carbocycles. The van der Waals surface area contributed by atoms with E-state index >= 15 is 0 Å². The van der Waals surface area contributed by atoms with Gasteiger partial charge in [-0.15, -0.1) is 6.58 Å². The van der Waals surface area contributed by atoms with Crippen molar-refractivity contribution in [1.29, 1.82) is 0 Å². The third-order valence-electron chi connectivity index (χ3n) is 4.18. The highest BCUT2D eigenvalue weighted by atomic mass is 35.5. The van der Waals surface area contributed by atoms with E-state index in [-0.39, 0.29) is 0 Å². The minimum Gasteiger partial charge on any atom is -0.494 e. The first-order valence-electron chi connectivity index (χ1n) is 9.41. The van der Waals surface area contributed by atoms with Crippen LogP contribution in [0, 0.1) is 6.92 Å². The van der Waals surface area contributed by atoms with Crippen LogP contribution in [-0.4, -0.2) is 17.1 Å². The minimum atomic E-state index is -0.636. The number of nitrogens with one attached hydrogen (secondary N) is 1. The van der Waals surface area contributed by atoms with E-state index < -0.39 is 6.01 Å². The highest BCUT2D eigenvalue weighted by Gasteiger charge is 2.03. The fraction of sp³-hybridized carbons (Fsp3) is 0.208. The van der Waals surface area contributed by atoms with Gasteiger partial charge < -0.3 is 14.5 Å². The molecule has 158 valence electrons.